The number of amides is 1. The number of anilines is 1. The van der Waals surface area contributed by atoms with Crippen LogP contribution < -0.4 is 5.32 Å². The zero-order chi connectivity index (χ0) is 16.2. The minimum absolute atomic E-state index is 0.0294. The molecule has 0 aliphatic rings. The van der Waals surface area contributed by atoms with Gasteiger partial charge in [0.15, 0.2) is 0 Å². The zero-order valence-corrected chi connectivity index (χ0v) is 13.5. The van der Waals surface area contributed by atoms with E-state index in [1.54, 1.807) is 11.3 Å². The number of rotatable bonds is 5. The van der Waals surface area contributed by atoms with Gasteiger partial charge in [-0.15, -0.1) is 23.1 Å². The number of hydrogen-bond acceptors (Lipinski definition) is 3. The lowest BCUT2D eigenvalue weighted by Crippen LogP contribution is -2.15. The van der Waals surface area contributed by atoms with Crippen LogP contribution in [0.25, 0.3) is 0 Å². The standard InChI is InChI=1S/C14H11ClF3NOS2/c15-11-4-3-9(14(16,17)18)6-12(11)19-13(20)8-21-7-10-2-1-5-22-10/h1-6H,7-8H2,(H,19,20). The van der Waals surface area contributed by atoms with Gasteiger partial charge >= 0.3 is 6.18 Å². The highest BCUT2D eigenvalue weighted by Gasteiger charge is 2.31. The van der Waals surface area contributed by atoms with Crippen LogP contribution in [0.5, 0.6) is 0 Å². The van der Waals surface area contributed by atoms with Crippen LogP contribution in [0.3, 0.4) is 0 Å². The van der Waals surface area contributed by atoms with Crippen molar-refractivity contribution in [3.63, 3.8) is 0 Å². The van der Waals surface area contributed by atoms with E-state index in [-0.39, 0.29) is 22.4 Å². The molecule has 0 atom stereocenters. The molecule has 0 bridgehead atoms. The molecule has 0 spiro atoms. The summed E-state index contributed by atoms with van der Waals surface area (Å²) in [6, 6.07) is 6.72. The van der Waals surface area contributed by atoms with Crippen molar-refractivity contribution in [3.8, 4) is 0 Å². The first-order valence-corrected chi connectivity index (χ1v) is 8.54. The van der Waals surface area contributed by atoms with Crippen molar-refractivity contribution in [2.24, 2.45) is 0 Å². The van der Waals surface area contributed by atoms with Crippen molar-refractivity contribution in [3.05, 3.63) is 51.2 Å². The molecule has 1 heterocycles. The second-order valence-corrected chi connectivity index (χ2v) is 6.74. The number of benzene rings is 1. The first-order chi connectivity index (χ1) is 10.4. The summed E-state index contributed by atoms with van der Waals surface area (Å²) in [5.41, 5.74) is -0.878. The molecule has 2 rings (SSSR count). The second-order valence-electron chi connectivity index (χ2n) is 4.31. The molecule has 0 saturated carbocycles. The molecule has 1 aromatic heterocycles. The van der Waals surface area contributed by atoms with Crippen molar-refractivity contribution in [2.75, 3.05) is 11.1 Å². The van der Waals surface area contributed by atoms with Crippen LogP contribution >= 0.6 is 34.7 Å². The minimum Gasteiger partial charge on any atom is -0.324 e. The van der Waals surface area contributed by atoms with E-state index in [9.17, 15) is 18.0 Å². The molecule has 0 radical (unpaired) electrons. The average molecular weight is 366 g/mol. The summed E-state index contributed by atoms with van der Waals surface area (Å²) in [5, 5.41) is 4.43. The number of thioether (sulfide) groups is 1. The van der Waals surface area contributed by atoms with Crippen LogP contribution in [0.4, 0.5) is 18.9 Å². The number of hydrogen-bond donors (Lipinski definition) is 1. The Balaban J connectivity index is 1.93. The van der Waals surface area contributed by atoms with Crippen LogP contribution in [0, 0.1) is 0 Å². The highest BCUT2D eigenvalue weighted by molar-refractivity contribution is 7.99. The molecular formula is C14H11ClF3NOS2. The number of carbonyl (C=O) groups excluding carboxylic acids is 1. The van der Waals surface area contributed by atoms with Crippen LogP contribution in [0.1, 0.15) is 10.4 Å². The summed E-state index contributed by atoms with van der Waals surface area (Å²) in [6.45, 7) is 0. The lowest BCUT2D eigenvalue weighted by Gasteiger charge is -2.11. The van der Waals surface area contributed by atoms with Gasteiger partial charge < -0.3 is 5.32 Å². The first-order valence-electron chi connectivity index (χ1n) is 6.13. The zero-order valence-electron chi connectivity index (χ0n) is 11.1. The van der Waals surface area contributed by atoms with Gasteiger partial charge in [0.1, 0.15) is 0 Å². The molecule has 22 heavy (non-hydrogen) atoms. The fourth-order valence-electron chi connectivity index (χ4n) is 1.62. The Morgan fingerprint density at radius 1 is 1.32 bits per heavy atom. The topological polar surface area (TPSA) is 29.1 Å². The van der Waals surface area contributed by atoms with Gasteiger partial charge in [-0.25, -0.2) is 0 Å². The van der Waals surface area contributed by atoms with Crippen molar-refractivity contribution >= 4 is 46.3 Å². The molecule has 8 heteroatoms. The molecular weight excluding hydrogens is 355 g/mol. The van der Waals surface area contributed by atoms with E-state index in [1.165, 1.54) is 11.8 Å². The normalized spacial score (nSPS) is 11.5. The van der Waals surface area contributed by atoms with E-state index in [0.717, 1.165) is 23.1 Å². The molecule has 0 fully saturated rings. The Labute approximate surface area is 138 Å². The van der Waals surface area contributed by atoms with Gasteiger partial charge in [0.05, 0.1) is 22.0 Å². The van der Waals surface area contributed by atoms with Gasteiger partial charge in [0.2, 0.25) is 5.91 Å². The van der Waals surface area contributed by atoms with Crippen molar-refractivity contribution in [1.82, 2.24) is 0 Å². The number of thiophene rings is 1. The predicted octanol–water partition coefficient (Wildman–Crippen LogP) is 5.29. The third-order valence-corrected chi connectivity index (χ3v) is 5.00. The molecule has 1 aromatic carbocycles. The van der Waals surface area contributed by atoms with Crippen LogP contribution in [0.2, 0.25) is 5.02 Å². The maximum Gasteiger partial charge on any atom is 0.416 e. The third kappa shape index (κ3) is 4.93. The van der Waals surface area contributed by atoms with Gasteiger partial charge in [-0.05, 0) is 29.6 Å². The molecule has 0 aliphatic heterocycles. The van der Waals surface area contributed by atoms with Crippen LogP contribution in [-0.2, 0) is 16.7 Å². The lowest BCUT2D eigenvalue weighted by atomic mass is 10.2. The summed E-state index contributed by atoms with van der Waals surface area (Å²) >= 11 is 8.79. The summed E-state index contributed by atoms with van der Waals surface area (Å²) < 4.78 is 37.9. The van der Waals surface area contributed by atoms with Gasteiger partial charge in [-0.2, -0.15) is 13.2 Å². The van der Waals surface area contributed by atoms with E-state index in [1.807, 2.05) is 17.5 Å². The van der Waals surface area contributed by atoms with E-state index in [4.69, 9.17) is 11.6 Å². The minimum atomic E-state index is -4.47. The SMILES string of the molecule is O=C(CSCc1cccs1)Nc1cc(C(F)(F)F)ccc1Cl. The molecule has 1 N–H and O–H groups in total. The van der Waals surface area contributed by atoms with E-state index >= 15 is 0 Å². The number of carbonyl (C=O) groups is 1. The van der Waals surface area contributed by atoms with Crippen LogP contribution in [0.15, 0.2) is 35.7 Å². The molecule has 0 saturated heterocycles. The molecule has 0 aliphatic carbocycles. The number of halogens is 4. The van der Waals surface area contributed by atoms with Gasteiger partial charge in [-0.3, -0.25) is 4.79 Å². The van der Waals surface area contributed by atoms with Crippen molar-refractivity contribution in [1.29, 1.82) is 0 Å². The maximum absolute atomic E-state index is 12.6. The van der Waals surface area contributed by atoms with Gasteiger partial charge in [-0.1, -0.05) is 17.7 Å². The Hall–Kier alpha value is -1.18. The Bertz CT molecular complexity index is 644. The van der Waals surface area contributed by atoms with Gasteiger partial charge in [0, 0.05) is 10.6 Å². The monoisotopic (exact) mass is 365 g/mol. The Morgan fingerprint density at radius 3 is 2.73 bits per heavy atom. The summed E-state index contributed by atoms with van der Waals surface area (Å²) in [6.07, 6.45) is -4.47. The van der Waals surface area contributed by atoms with E-state index in [2.05, 4.69) is 5.32 Å². The average Bonchev–Trinajstić information content (AvgIpc) is 2.93. The third-order valence-electron chi connectivity index (χ3n) is 2.63. The number of alkyl halides is 3. The molecule has 0 unspecified atom stereocenters. The fourth-order valence-corrected chi connectivity index (χ4v) is 3.46. The van der Waals surface area contributed by atoms with Crippen molar-refractivity contribution in [2.45, 2.75) is 11.9 Å². The largest absolute Gasteiger partial charge is 0.416 e. The highest BCUT2D eigenvalue weighted by atomic mass is 35.5. The molecule has 118 valence electrons. The predicted molar refractivity (Wildman–Crippen MR) is 85.6 cm³/mol. The summed E-state index contributed by atoms with van der Waals surface area (Å²) in [4.78, 5) is 12.9. The smallest absolute Gasteiger partial charge is 0.324 e. The Kier molecular flexibility index (Phi) is 5.77. The van der Waals surface area contributed by atoms with Crippen molar-refractivity contribution < 1.29 is 18.0 Å². The highest BCUT2D eigenvalue weighted by Crippen LogP contribution is 2.33. The van der Waals surface area contributed by atoms with Crippen LogP contribution in [-0.4, -0.2) is 11.7 Å². The quantitative estimate of drug-likeness (QED) is 0.779. The number of nitrogens with one attached hydrogen (secondary N) is 1. The van der Waals surface area contributed by atoms with Gasteiger partial charge in [0.25, 0.3) is 0 Å². The maximum atomic E-state index is 12.6. The second kappa shape index (κ2) is 7.39. The fraction of sp³-hybridized carbons (Fsp3) is 0.214. The van der Waals surface area contributed by atoms with E-state index < -0.39 is 11.7 Å². The first kappa shape index (κ1) is 17.2. The lowest BCUT2D eigenvalue weighted by molar-refractivity contribution is -0.137. The molecule has 2 nitrogen and oxygen atoms in total. The molecule has 2 aromatic rings. The van der Waals surface area contributed by atoms with E-state index in [0.29, 0.717) is 5.75 Å². The summed E-state index contributed by atoms with van der Waals surface area (Å²) in [5.74, 6) is 0.439. The Morgan fingerprint density at radius 2 is 2.09 bits per heavy atom. The summed E-state index contributed by atoms with van der Waals surface area (Å²) in [7, 11) is 0. The molecule has 1 amide bonds.